The van der Waals surface area contributed by atoms with Crippen LogP contribution in [0.4, 0.5) is 0 Å². The highest BCUT2D eigenvalue weighted by Gasteiger charge is 2.41. The normalized spacial score (nSPS) is 30.3. The van der Waals surface area contributed by atoms with Crippen LogP contribution < -0.4 is 0 Å². The van der Waals surface area contributed by atoms with Crippen molar-refractivity contribution in [3.8, 4) is 0 Å². The summed E-state index contributed by atoms with van der Waals surface area (Å²) in [5, 5.41) is 9.07. The molecule has 0 aliphatic carbocycles. The highest BCUT2D eigenvalue weighted by molar-refractivity contribution is 5.74. The van der Waals surface area contributed by atoms with Gasteiger partial charge in [-0.25, -0.2) is 0 Å². The third-order valence-electron chi connectivity index (χ3n) is 2.67. The minimum absolute atomic E-state index is 0.0445. The number of carbonyl (C=O) groups is 1. The van der Waals surface area contributed by atoms with Gasteiger partial charge in [0.1, 0.15) is 5.41 Å². The number of ether oxygens (including phenoxy) is 1. The Morgan fingerprint density at radius 1 is 1.50 bits per heavy atom. The Bertz CT molecular complexity index is 234. The molecule has 1 N–H and O–H groups in total. The van der Waals surface area contributed by atoms with Gasteiger partial charge in [-0.2, -0.15) is 0 Å². The molecule has 0 aromatic rings. The van der Waals surface area contributed by atoms with Crippen LogP contribution in [0.1, 0.15) is 27.7 Å². The van der Waals surface area contributed by atoms with Gasteiger partial charge in [-0.1, -0.05) is 0 Å². The van der Waals surface area contributed by atoms with E-state index in [9.17, 15) is 4.79 Å². The first kappa shape index (κ1) is 11.5. The predicted octanol–water partition coefficient (Wildman–Crippen LogP) is 1.17. The number of aliphatic carboxylic acids is 1. The fourth-order valence-electron chi connectivity index (χ4n) is 1.45. The van der Waals surface area contributed by atoms with Crippen molar-refractivity contribution in [2.75, 3.05) is 19.9 Å². The molecule has 0 aromatic heterocycles. The highest BCUT2D eigenvalue weighted by Crippen LogP contribution is 2.27. The van der Waals surface area contributed by atoms with Gasteiger partial charge in [-0.15, -0.1) is 0 Å². The molecule has 0 radical (unpaired) electrons. The molecular weight excluding hydrogens is 182 g/mol. The van der Waals surface area contributed by atoms with Gasteiger partial charge < -0.3 is 9.84 Å². The molecule has 0 bridgehead atoms. The average molecular weight is 201 g/mol. The van der Waals surface area contributed by atoms with Crippen molar-refractivity contribution in [3.05, 3.63) is 0 Å². The minimum Gasteiger partial charge on any atom is -0.481 e. The van der Waals surface area contributed by atoms with E-state index in [2.05, 4.69) is 20.8 Å². The van der Waals surface area contributed by atoms with Crippen LogP contribution in [-0.4, -0.2) is 41.4 Å². The zero-order valence-electron chi connectivity index (χ0n) is 9.33. The lowest BCUT2D eigenvalue weighted by molar-refractivity contribution is -0.170. The van der Waals surface area contributed by atoms with Gasteiger partial charge in [0, 0.05) is 12.1 Å². The van der Waals surface area contributed by atoms with Crippen LogP contribution in [0.5, 0.6) is 0 Å². The molecule has 0 saturated carbocycles. The predicted molar refractivity (Wildman–Crippen MR) is 53.0 cm³/mol. The Balaban J connectivity index is 2.74. The Hall–Kier alpha value is -0.610. The van der Waals surface area contributed by atoms with Crippen molar-refractivity contribution >= 4 is 5.97 Å². The SMILES string of the molecule is CC1(C(=O)O)COCN(C(C)(C)C)C1. The molecular formula is C10H19NO3. The summed E-state index contributed by atoms with van der Waals surface area (Å²) in [6.07, 6.45) is 0. The van der Waals surface area contributed by atoms with Gasteiger partial charge >= 0.3 is 5.97 Å². The maximum absolute atomic E-state index is 11.0. The molecule has 4 heteroatoms. The van der Waals surface area contributed by atoms with Crippen molar-refractivity contribution in [2.45, 2.75) is 33.2 Å². The first-order valence-electron chi connectivity index (χ1n) is 4.82. The van der Waals surface area contributed by atoms with Gasteiger partial charge in [0.2, 0.25) is 0 Å². The van der Waals surface area contributed by atoms with Gasteiger partial charge in [0.05, 0.1) is 13.3 Å². The topological polar surface area (TPSA) is 49.8 Å². The lowest BCUT2D eigenvalue weighted by Crippen LogP contribution is -2.55. The molecule has 0 spiro atoms. The molecule has 1 fully saturated rings. The van der Waals surface area contributed by atoms with Gasteiger partial charge in [-0.05, 0) is 27.7 Å². The summed E-state index contributed by atoms with van der Waals surface area (Å²) in [6.45, 7) is 9.28. The Morgan fingerprint density at radius 2 is 2.07 bits per heavy atom. The second-order valence-corrected chi connectivity index (χ2v) is 5.21. The van der Waals surface area contributed by atoms with Crippen molar-refractivity contribution in [1.82, 2.24) is 4.90 Å². The summed E-state index contributed by atoms with van der Waals surface area (Å²) < 4.78 is 5.33. The van der Waals surface area contributed by atoms with Crippen LogP contribution >= 0.6 is 0 Å². The Morgan fingerprint density at radius 3 is 2.50 bits per heavy atom. The van der Waals surface area contributed by atoms with E-state index in [0.717, 1.165) is 0 Å². The van der Waals surface area contributed by atoms with Crippen molar-refractivity contribution in [2.24, 2.45) is 5.41 Å². The molecule has 14 heavy (non-hydrogen) atoms. The molecule has 1 saturated heterocycles. The van der Waals surface area contributed by atoms with Crippen LogP contribution in [0, 0.1) is 5.41 Å². The average Bonchev–Trinajstić information content (AvgIpc) is 2.02. The fraction of sp³-hybridized carbons (Fsp3) is 0.900. The summed E-state index contributed by atoms with van der Waals surface area (Å²) in [5.74, 6) is -0.786. The van der Waals surface area contributed by atoms with E-state index in [-0.39, 0.29) is 5.54 Å². The highest BCUT2D eigenvalue weighted by atomic mass is 16.5. The number of hydrogen-bond acceptors (Lipinski definition) is 3. The summed E-state index contributed by atoms with van der Waals surface area (Å²) in [5.41, 5.74) is -0.817. The number of carboxylic acid groups (broad SMARTS) is 1. The lowest BCUT2D eigenvalue weighted by atomic mass is 9.88. The first-order valence-corrected chi connectivity index (χ1v) is 4.82. The second kappa shape index (κ2) is 3.51. The Kier molecular flexibility index (Phi) is 2.88. The second-order valence-electron chi connectivity index (χ2n) is 5.21. The zero-order valence-corrected chi connectivity index (χ0v) is 9.33. The molecule has 1 aliphatic heterocycles. The molecule has 0 amide bonds. The first-order chi connectivity index (χ1) is 6.26. The number of rotatable bonds is 1. The molecule has 1 aliphatic rings. The molecule has 1 heterocycles. The third-order valence-corrected chi connectivity index (χ3v) is 2.67. The number of hydrogen-bond donors (Lipinski definition) is 1. The van der Waals surface area contributed by atoms with Crippen molar-refractivity contribution in [1.29, 1.82) is 0 Å². The quantitative estimate of drug-likeness (QED) is 0.691. The number of nitrogens with zero attached hydrogens (tertiary/aromatic N) is 1. The molecule has 0 aromatic carbocycles. The van der Waals surface area contributed by atoms with Crippen LogP contribution in [0.25, 0.3) is 0 Å². The maximum Gasteiger partial charge on any atom is 0.313 e. The van der Waals surface area contributed by atoms with E-state index in [1.165, 1.54) is 0 Å². The van der Waals surface area contributed by atoms with E-state index < -0.39 is 11.4 Å². The monoisotopic (exact) mass is 201 g/mol. The minimum atomic E-state index is -0.786. The van der Waals surface area contributed by atoms with Crippen molar-refractivity contribution < 1.29 is 14.6 Å². The van der Waals surface area contributed by atoms with Crippen LogP contribution in [0.2, 0.25) is 0 Å². The molecule has 82 valence electrons. The zero-order chi connectivity index (χ0) is 11.0. The third kappa shape index (κ3) is 2.25. The lowest BCUT2D eigenvalue weighted by Gasteiger charge is -2.44. The standard InChI is InChI=1S/C10H19NO3/c1-9(2,3)11-5-10(4,8(12)13)6-14-7-11/h5-7H2,1-4H3,(H,12,13). The van der Waals surface area contributed by atoms with E-state index >= 15 is 0 Å². The summed E-state index contributed by atoms with van der Waals surface area (Å²) in [6, 6.07) is 0. The van der Waals surface area contributed by atoms with E-state index in [0.29, 0.717) is 19.9 Å². The molecule has 1 atom stereocenters. The summed E-state index contributed by atoms with van der Waals surface area (Å²) >= 11 is 0. The van der Waals surface area contributed by atoms with E-state index in [1.807, 2.05) is 4.90 Å². The maximum atomic E-state index is 11.0. The summed E-state index contributed by atoms with van der Waals surface area (Å²) in [7, 11) is 0. The van der Waals surface area contributed by atoms with Gasteiger partial charge in [0.25, 0.3) is 0 Å². The van der Waals surface area contributed by atoms with Crippen LogP contribution in [-0.2, 0) is 9.53 Å². The van der Waals surface area contributed by atoms with Gasteiger partial charge in [0.15, 0.2) is 0 Å². The molecule has 4 nitrogen and oxygen atoms in total. The van der Waals surface area contributed by atoms with E-state index in [1.54, 1.807) is 6.92 Å². The van der Waals surface area contributed by atoms with E-state index in [4.69, 9.17) is 9.84 Å². The van der Waals surface area contributed by atoms with Gasteiger partial charge in [-0.3, -0.25) is 9.69 Å². The fourth-order valence-corrected chi connectivity index (χ4v) is 1.45. The Labute approximate surface area is 84.8 Å². The summed E-state index contributed by atoms with van der Waals surface area (Å²) in [4.78, 5) is 13.1. The number of carboxylic acids is 1. The van der Waals surface area contributed by atoms with Crippen LogP contribution in [0.15, 0.2) is 0 Å². The smallest absolute Gasteiger partial charge is 0.313 e. The largest absolute Gasteiger partial charge is 0.481 e. The van der Waals surface area contributed by atoms with Crippen LogP contribution in [0.3, 0.4) is 0 Å². The molecule has 1 unspecified atom stereocenters. The van der Waals surface area contributed by atoms with Crippen molar-refractivity contribution in [3.63, 3.8) is 0 Å². The molecule has 1 rings (SSSR count).